The van der Waals surface area contributed by atoms with E-state index in [1.54, 1.807) is 6.92 Å². The monoisotopic (exact) mass is 270 g/mol. The fraction of sp³-hybridized carbons (Fsp3) is 0.800. The number of amides is 2. The molecule has 0 bridgehead atoms. The van der Waals surface area contributed by atoms with Crippen molar-refractivity contribution in [3.63, 3.8) is 0 Å². The van der Waals surface area contributed by atoms with E-state index in [9.17, 15) is 22.8 Å². The standard InChI is InChI=1S/C10H17F3N2O3/c1-3-4-7(8(16)17)14-9(18)15(2)6-5-10(11,12)13/h7H,3-6H2,1-2H3,(H,14,18)(H,16,17)/t7-/m1/s1. The third-order valence-electron chi connectivity index (χ3n) is 2.25. The van der Waals surface area contributed by atoms with E-state index in [2.05, 4.69) is 5.32 Å². The minimum atomic E-state index is -4.34. The molecule has 0 unspecified atom stereocenters. The molecule has 5 nitrogen and oxygen atoms in total. The SMILES string of the molecule is CCC[C@@H](NC(=O)N(C)CCC(F)(F)F)C(=O)O. The Kier molecular flexibility index (Phi) is 6.50. The maximum Gasteiger partial charge on any atom is 0.390 e. The lowest BCUT2D eigenvalue weighted by Crippen LogP contribution is -2.47. The molecular formula is C10H17F3N2O3. The van der Waals surface area contributed by atoms with Crippen LogP contribution in [0.1, 0.15) is 26.2 Å². The number of alkyl halides is 3. The molecule has 0 spiro atoms. The summed E-state index contributed by atoms with van der Waals surface area (Å²) in [6.45, 7) is 1.24. The molecule has 0 aromatic heterocycles. The van der Waals surface area contributed by atoms with Crippen LogP contribution in [0, 0.1) is 0 Å². The smallest absolute Gasteiger partial charge is 0.390 e. The average molecular weight is 270 g/mol. The molecule has 0 aliphatic carbocycles. The first-order valence-corrected chi connectivity index (χ1v) is 5.48. The second kappa shape index (κ2) is 7.07. The average Bonchev–Trinajstić information content (AvgIpc) is 2.23. The van der Waals surface area contributed by atoms with Gasteiger partial charge in [-0.1, -0.05) is 13.3 Å². The summed E-state index contributed by atoms with van der Waals surface area (Å²) in [6, 6.07) is -1.89. The molecule has 0 rings (SSSR count). The first kappa shape index (κ1) is 16.5. The molecule has 2 N–H and O–H groups in total. The zero-order valence-electron chi connectivity index (χ0n) is 10.3. The maximum atomic E-state index is 11.9. The summed E-state index contributed by atoms with van der Waals surface area (Å²) in [6.07, 6.45) is -4.69. The molecule has 0 heterocycles. The molecule has 1 atom stereocenters. The van der Waals surface area contributed by atoms with Gasteiger partial charge < -0.3 is 15.3 Å². The van der Waals surface area contributed by atoms with Gasteiger partial charge in [0.05, 0.1) is 6.42 Å². The molecule has 0 aromatic rings. The van der Waals surface area contributed by atoms with Crippen molar-refractivity contribution in [3.05, 3.63) is 0 Å². The molecule has 0 aliphatic heterocycles. The van der Waals surface area contributed by atoms with Crippen molar-refractivity contribution in [2.75, 3.05) is 13.6 Å². The van der Waals surface area contributed by atoms with Crippen molar-refractivity contribution < 1.29 is 27.9 Å². The number of urea groups is 1. The van der Waals surface area contributed by atoms with E-state index in [0.29, 0.717) is 6.42 Å². The molecule has 0 saturated heterocycles. The highest BCUT2D eigenvalue weighted by Crippen LogP contribution is 2.19. The van der Waals surface area contributed by atoms with Gasteiger partial charge in [-0.25, -0.2) is 9.59 Å². The number of carboxylic acids is 1. The number of carboxylic acid groups (broad SMARTS) is 1. The van der Waals surface area contributed by atoms with Gasteiger partial charge in [-0.2, -0.15) is 13.2 Å². The Hall–Kier alpha value is -1.47. The molecule has 0 fully saturated rings. The van der Waals surface area contributed by atoms with Crippen LogP contribution in [0.5, 0.6) is 0 Å². The molecule has 0 radical (unpaired) electrons. The molecule has 0 saturated carbocycles. The van der Waals surface area contributed by atoms with Crippen LogP contribution in [-0.4, -0.2) is 47.8 Å². The van der Waals surface area contributed by atoms with Crippen LogP contribution in [0.2, 0.25) is 0 Å². The summed E-state index contributed by atoms with van der Waals surface area (Å²) < 4.78 is 35.8. The number of rotatable bonds is 6. The summed E-state index contributed by atoms with van der Waals surface area (Å²) in [5.41, 5.74) is 0. The van der Waals surface area contributed by atoms with E-state index < -0.39 is 37.2 Å². The van der Waals surface area contributed by atoms with E-state index in [-0.39, 0.29) is 6.42 Å². The topological polar surface area (TPSA) is 69.6 Å². The van der Waals surface area contributed by atoms with Gasteiger partial charge in [-0.05, 0) is 6.42 Å². The number of nitrogens with zero attached hydrogens (tertiary/aromatic N) is 1. The lowest BCUT2D eigenvalue weighted by Gasteiger charge is -2.21. The van der Waals surface area contributed by atoms with Crippen LogP contribution >= 0.6 is 0 Å². The number of carbonyl (C=O) groups is 2. The zero-order valence-corrected chi connectivity index (χ0v) is 10.3. The zero-order chi connectivity index (χ0) is 14.3. The van der Waals surface area contributed by atoms with Gasteiger partial charge in [0.2, 0.25) is 0 Å². The first-order valence-electron chi connectivity index (χ1n) is 5.48. The Labute approximate surface area is 103 Å². The number of hydrogen-bond donors (Lipinski definition) is 2. The van der Waals surface area contributed by atoms with E-state index in [1.165, 1.54) is 7.05 Å². The first-order chi connectivity index (χ1) is 8.17. The molecule has 2 amide bonds. The molecule has 106 valence electrons. The second-order valence-corrected chi connectivity index (χ2v) is 3.92. The van der Waals surface area contributed by atoms with E-state index in [4.69, 9.17) is 5.11 Å². The largest absolute Gasteiger partial charge is 0.480 e. The number of halogens is 3. The molecule has 18 heavy (non-hydrogen) atoms. The van der Waals surface area contributed by atoms with Crippen molar-refractivity contribution in [1.29, 1.82) is 0 Å². The fourth-order valence-corrected chi connectivity index (χ4v) is 1.20. The van der Waals surface area contributed by atoms with Crippen molar-refractivity contribution in [1.82, 2.24) is 10.2 Å². The molecule has 0 aliphatic rings. The quantitative estimate of drug-likeness (QED) is 0.773. The van der Waals surface area contributed by atoms with Crippen molar-refractivity contribution in [3.8, 4) is 0 Å². The summed E-state index contributed by atoms with van der Waals surface area (Å²) in [5, 5.41) is 11.0. The number of hydrogen-bond acceptors (Lipinski definition) is 2. The Morgan fingerprint density at radius 3 is 2.33 bits per heavy atom. The predicted molar refractivity (Wildman–Crippen MR) is 58.2 cm³/mol. The van der Waals surface area contributed by atoms with Crippen molar-refractivity contribution in [2.45, 2.75) is 38.4 Å². The molecular weight excluding hydrogens is 253 g/mol. The van der Waals surface area contributed by atoms with Gasteiger partial charge in [-0.15, -0.1) is 0 Å². The summed E-state index contributed by atoms with van der Waals surface area (Å²) in [4.78, 5) is 23.0. The van der Waals surface area contributed by atoms with E-state index in [1.807, 2.05) is 0 Å². The summed E-state index contributed by atoms with van der Waals surface area (Å²) in [7, 11) is 1.19. The van der Waals surface area contributed by atoms with Crippen LogP contribution in [0.4, 0.5) is 18.0 Å². The number of nitrogens with one attached hydrogen (secondary N) is 1. The minimum Gasteiger partial charge on any atom is -0.480 e. The Bertz CT molecular complexity index is 295. The summed E-state index contributed by atoms with van der Waals surface area (Å²) >= 11 is 0. The maximum absolute atomic E-state index is 11.9. The van der Waals surface area contributed by atoms with Crippen LogP contribution in [0.25, 0.3) is 0 Å². The number of carbonyl (C=O) groups excluding carboxylic acids is 1. The summed E-state index contributed by atoms with van der Waals surface area (Å²) in [5.74, 6) is -1.20. The Morgan fingerprint density at radius 2 is 1.94 bits per heavy atom. The Balaban J connectivity index is 4.24. The lowest BCUT2D eigenvalue weighted by molar-refractivity contribution is -0.140. The highest BCUT2D eigenvalue weighted by atomic mass is 19.4. The highest BCUT2D eigenvalue weighted by molar-refractivity contribution is 5.82. The highest BCUT2D eigenvalue weighted by Gasteiger charge is 2.28. The molecule has 8 heteroatoms. The van der Waals surface area contributed by atoms with Crippen LogP contribution in [0.3, 0.4) is 0 Å². The predicted octanol–water partition coefficient (Wildman–Crippen LogP) is 1.83. The van der Waals surface area contributed by atoms with Gasteiger partial charge in [0.15, 0.2) is 0 Å². The van der Waals surface area contributed by atoms with E-state index in [0.717, 1.165) is 4.90 Å². The number of aliphatic carboxylic acids is 1. The van der Waals surface area contributed by atoms with Crippen molar-refractivity contribution >= 4 is 12.0 Å². The lowest BCUT2D eigenvalue weighted by atomic mass is 10.2. The third kappa shape index (κ3) is 6.97. The minimum absolute atomic E-state index is 0.230. The van der Waals surface area contributed by atoms with Gasteiger partial charge in [0.25, 0.3) is 0 Å². The second-order valence-electron chi connectivity index (χ2n) is 3.92. The molecule has 0 aromatic carbocycles. The van der Waals surface area contributed by atoms with Gasteiger partial charge in [0, 0.05) is 13.6 Å². The Morgan fingerprint density at radius 1 is 1.39 bits per heavy atom. The fourth-order valence-electron chi connectivity index (χ4n) is 1.20. The van der Waals surface area contributed by atoms with Gasteiger partial charge in [0.1, 0.15) is 6.04 Å². The van der Waals surface area contributed by atoms with Crippen LogP contribution in [0.15, 0.2) is 0 Å². The van der Waals surface area contributed by atoms with Crippen LogP contribution < -0.4 is 5.32 Å². The normalized spacial score (nSPS) is 12.9. The van der Waals surface area contributed by atoms with Crippen molar-refractivity contribution in [2.24, 2.45) is 0 Å². The van der Waals surface area contributed by atoms with Gasteiger partial charge in [-0.3, -0.25) is 0 Å². The van der Waals surface area contributed by atoms with E-state index >= 15 is 0 Å². The van der Waals surface area contributed by atoms with Gasteiger partial charge >= 0.3 is 18.2 Å². The van der Waals surface area contributed by atoms with Crippen LogP contribution in [-0.2, 0) is 4.79 Å². The third-order valence-corrected chi connectivity index (χ3v) is 2.25.